The number of aromatic nitrogens is 2. The summed E-state index contributed by atoms with van der Waals surface area (Å²) in [5.41, 5.74) is 1.33. The summed E-state index contributed by atoms with van der Waals surface area (Å²) >= 11 is 0. The van der Waals surface area contributed by atoms with Crippen LogP contribution in [0.2, 0.25) is 0 Å². The first-order valence-corrected chi connectivity index (χ1v) is 6.41. The van der Waals surface area contributed by atoms with Gasteiger partial charge in [0.1, 0.15) is 0 Å². The molecule has 90 valence electrons. The van der Waals surface area contributed by atoms with Crippen molar-refractivity contribution in [2.45, 2.75) is 58.7 Å². The number of nitrogens with zero attached hydrogens (tertiary/aromatic N) is 2. The van der Waals surface area contributed by atoms with Crippen LogP contribution in [0.1, 0.15) is 51.8 Å². The lowest BCUT2D eigenvalue weighted by molar-refractivity contribution is 0.465. The predicted molar refractivity (Wildman–Crippen MR) is 66.3 cm³/mol. The highest BCUT2D eigenvalue weighted by molar-refractivity contribution is 5.01. The molecule has 0 saturated heterocycles. The molecule has 16 heavy (non-hydrogen) atoms. The molecular weight excluding hydrogens is 198 g/mol. The Morgan fingerprint density at radius 2 is 2.31 bits per heavy atom. The summed E-state index contributed by atoms with van der Waals surface area (Å²) in [5.74, 6) is 0.873. The number of hydrogen-bond acceptors (Lipinski definition) is 2. The average Bonchev–Trinajstić information content (AvgIpc) is 2.82. The third kappa shape index (κ3) is 2.64. The van der Waals surface area contributed by atoms with Gasteiger partial charge in [-0.05, 0) is 25.2 Å². The summed E-state index contributed by atoms with van der Waals surface area (Å²) in [6.07, 6.45) is 7.98. The molecule has 1 aromatic heterocycles. The van der Waals surface area contributed by atoms with E-state index < -0.39 is 0 Å². The Balaban J connectivity index is 2.01. The van der Waals surface area contributed by atoms with Gasteiger partial charge in [-0.3, -0.25) is 0 Å². The first-order valence-electron chi connectivity index (χ1n) is 6.41. The van der Waals surface area contributed by atoms with E-state index in [1.807, 2.05) is 12.5 Å². The molecule has 1 fully saturated rings. The van der Waals surface area contributed by atoms with Gasteiger partial charge in [-0.2, -0.15) is 0 Å². The SMILES string of the molecule is CC1CCC(n2cncc2CNC(C)C)C1. The van der Waals surface area contributed by atoms with Crippen molar-refractivity contribution in [3.8, 4) is 0 Å². The molecule has 2 rings (SSSR count). The Kier molecular flexibility index (Phi) is 3.64. The summed E-state index contributed by atoms with van der Waals surface area (Å²) in [6.45, 7) is 7.64. The zero-order valence-electron chi connectivity index (χ0n) is 10.6. The summed E-state index contributed by atoms with van der Waals surface area (Å²) in [5, 5.41) is 3.46. The Labute approximate surface area is 98.3 Å². The molecule has 3 heteroatoms. The maximum Gasteiger partial charge on any atom is 0.0951 e. The smallest absolute Gasteiger partial charge is 0.0951 e. The topological polar surface area (TPSA) is 29.9 Å². The third-order valence-electron chi connectivity index (χ3n) is 3.50. The monoisotopic (exact) mass is 221 g/mol. The molecule has 3 nitrogen and oxygen atoms in total. The quantitative estimate of drug-likeness (QED) is 0.847. The standard InChI is InChI=1S/C13H23N3/c1-10(2)15-8-13-7-14-9-16(13)12-5-4-11(3)6-12/h7,9-12,15H,4-6,8H2,1-3H3. The highest BCUT2D eigenvalue weighted by Crippen LogP contribution is 2.34. The maximum atomic E-state index is 4.29. The first kappa shape index (κ1) is 11.6. The Hall–Kier alpha value is -0.830. The average molecular weight is 221 g/mol. The van der Waals surface area contributed by atoms with Crippen molar-refractivity contribution in [1.29, 1.82) is 0 Å². The van der Waals surface area contributed by atoms with Gasteiger partial charge < -0.3 is 9.88 Å². The van der Waals surface area contributed by atoms with E-state index in [2.05, 4.69) is 35.6 Å². The molecule has 1 aliphatic rings. The van der Waals surface area contributed by atoms with Crippen LogP contribution in [0, 0.1) is 5.92 Å². The van der Waals surface area contributed by atoms with Gasteiger partial charge in [-0.15, -0.1) is 0 Å². The van der Waals surface area contributed by atoms with Crippen molar-refractivity contribution < 1.29 is 0 Å². The fraction of sp³-hybridized carbons (Fsp3) is 0.769. The Morgan fingerprint density at radius 1 is 1.50 bits per heavy atom. The molecule has 1 N–H and O–H groups in total. The molecule has 1 aliphatic carbocycles. The zero-order valence-corrected chi connectivity index (χ0v) is 10.6. The molecule has 1 heterocycles. The lowest BCUT2D eigenvalue weighted by atomic mass is 10.1. The molecule has 0 bridgehead atoms. The van der Waals surface area contributed by atoms with Crippen LogP contribution < -0.4 is 5.32 Å². The van der Waals surface area contributed by atoms with Crippen LogP contribution in [0.15, 0.2) is 12.5 Å². The van der Waals surface area contributed by atoms with Gasteiger partial charge in [-0.1, -0.05) is 20.8 Å². The van der Waals surface area contributed by atoms with Crippen LogP contribution in [0.4, 0.5) is 0 Å². The predicted octanol–water partition coefficient (Wildman–Crippen LogP) is 2.74. The molecule has 0 aromatic carbocycles. The molecule has 0 radical (unpaired) electrons. The minimum atomic E-state index is 0.533. The second-order valence-corrected chi connectivity index (χ2v) is 5.40. The lowest BCUT2D eigenvalue weighted by Crippen LogP contribution is -2.24. The summed E-state index contributed by atoms with van der Waals surface area (Å²) in [6, 6.07) is 1.22. The number of rotatable bonds is 4. The molecule has 0 aliphatic heterocycles. The summed E-state index contributed by atoms with van der Waals surface area (Å²) < 4.78 is 2.37. The van der Waals surface area contributed by atoms with Crippen LogP contribution in [-0.2, 0) is 6.54 Å². The van der Waals surface area contributed by atoms with Gasteiger partial charge in [-0.25, -0.2) is 4.98 Å². The van der Waals surface area contributed by atoms with Crippen molar-refractivity contribution in [3.63, 3.8) is 0 Å². The largest absolute Gasteiger partial charge is 0.330 e. The lowest BCUT2D eigenvalue weighted by Gasteiger charge is -2.16. The fourth-order valence-corrected chi connectivity index (χ4v) is 2.54. The minimum absolute atomic E-state index is 0.533. The second-order valence-electron chi connectivity index (χ2n) is 5.40. The number of hydrogen-bond donors (Lipinski definition) is 1. The van der Waals surface area contributed by atoms with Gasteiger partial charge in [0, 0.05) is 24.8 Å². The van der Waals surface area contributed by atoms with E-state index in [9.17, 15) is 0 Å². The third-order valence-corrected chi connectivity index (χ3v) is 3.50. The molecule has 2 unspecified atom stereocenters. The highest BCUT2D eigenvalue weighted by atomic mass is 15.1. The second kappa shape index (κ2) is 5.00. The Morgan fingerprint density at radius 3 is 2.94 bits per heavy atom. The van der Waals surface area contributed by atoms with Gasteiger partial charge in [0.15, 0.2) is 0 Å². The van der Waals surface area contributed by atoms with E-state index in [0.717, 1.165) is 12.5 Å². The van der Waals surface area contributed by atoms with Gasteiger partial charge in [0.05, 0.1) is 12.0 Å². The number of nitrogens with one attached hydrogen (secondary N) is 1. The van der Waals surface area contributed by atoms with Gasteiger partial charge in [0.2, 0.25) is 0 Å². The van der Waals surface area contributed by atoms with Crippen molar-refractivity contribution >= 4 is 0 Å². The molecule has 2 atom stereocenters. The summed E-state index contributed by atoms with van der Waals surface area (Å²) in [7, 11) is 0. The Bertz CT molecular complexity index is 330. The van der Waals surface area contributed by atoms with E-state index in [0.29, 0.717) is 12.1 Å². The zero-order chi connectivity index (χ0) is 11.5. The van der Waals surface area contributed by atoms with Crippen LogP contribution in [0.25, 0.3) is 0 Å². The highest BCUT2D eigenvalue weighted by Gasteiger charge is 2.23. The first-order chi connectivity index (χ1) is 7.66. The van der Waals surface area contributed by atoms with Crippen molar-refractivity contribution in [3.05, 3.63) is 18.2 Å². The van der Waals surface area contributed by atoms with Crippen molar-refractivity contribution in [2.75, 3.05) is 0 Å². The maximum absolute atomic E-state index is 4.29. The molecule has 1 saturated carbocycles. The normalized spacial score (nSPS) is 25.5. The van der Waals surface area contributed by atoms with Crippen LogP contribution in [0.3, 0.4) is 0 Å². The van der Waals surface area contributed by atoms with E-state index >= 15 is 0 Å². The molecule has 1 aromatic rings. The number of imidazole rings is 1. The van der Waals surface area contributed by atoms with E-state index in [1.165, 1.54) is 25.0 Å². The van der Waals surface area contributed by atoms with E-state index in [-0.39, 0.29) is 0 Å². The van der Waals surface area contributed by atoms with Crippen molar-refractivity contribution in [2.24, 2.45) is 5.92 Å². The van der Waals surface area contributed by atoms with Gasteiger partial charge in [0.25, 0.3) is 0 Å². The van der Waals surface area contributed by atoms with Crippen LogP contribution in [0.5, 0.6) is 0 Å². The van der Waals surface area contributed by atoms with E-state index in [1.54, 1.807) is 0 Å². The fourth-order valence-electron chi connectivity index (χ4n) is 2.54. The van der Waals surface area contributed by atoms with Gasteiger partial charge >= 0.3 is 0 Å². The molecular formula is C13H23N3. The molecule has 0 spiro atoms. The van der Waals surface area contributed by atoms with Crippen LogP contribution >= 0.6 is 0 Å². The minimum Gasteiger partial charge on any atom is -0.330 e. The van der Waals surface area contributed by atoms with Crippen LogP contribution in [-0.4, -0.2) is 15.6 Å². The molecule has 0 amide bonds. The van der Waals surface area contributed by atoms with E-state index in [4.69, 9.17) is 0 Å². The summed E-state index contributed by atoms with van der Waals surface area (Å²) in [4.78, 5) is 4.29. The van der Waals surface area contributed by atoms with Crippen molar-refractivity contribution in [1.82, 2.24) is 14.9 Å².